The summed E-state index contributed by atoms with van der Waals surface area (Å²) < 4.78 is 0. The molecule has 0 unspecified atom stereocenters. The van der Waals surface area contributed by atoms with Crippen molar-refractivity contribution >= 4 is 11.7 Å². The van der Waals surface area contributed by atoms with Crippen LogP contribution in [-0.4, -0.2) is 16.2 Å². The number of aromatic hydroxyl groups is 1. The van der Waals surface area contributed by atoms with Crippen molar-refractivity contribution in [3.05, 3.63) is 59.2 Å². The quantitative estimate of drug-likeness (QED) is 0.730. The molecular weight excluding hydrogens is 254 g/mol. The van der Waals surface area contributed by atoms with Crippen LogP contribution in [-0.2, 0) is 13.0 Å². The van der Waals surface area contributed by atoms with E-state index in [1.807, 2.05) is 19.1 Å². The van der Waals surface area contributed by atoms with E-state index in [1.165, 1.54) is 0 Å². The minimum Gasteiger partial charge on any atom is -0.508 e. The first-order valence-electron chi connectivity index (χ1n) is 6.48. The van der Waals surface area contributed by atoms with Gasteiger partial charge in [-0.2, -0.15) is 0 Å². The van der Waals surface area contributed by atoms with Crippen LogP contribution in [0.4, 0.5) is 5.69 Å². The predicted molar refractivity (Wildman–Crippen MR) is 78.2 cm³/mol. The van der Waals surface area contributed by atoms with Gasteiger partial charge in [0.05, 0.1) is 5.56 Å². The molecule has 0 aliphatic carbocycles. The molecule has 0 aliphatic rings. The minimum atomic E-state index is -0.889. The number of benzene rings is 2. The fourth-order valence-corrected chi connectivity index (χ4v) is 2.04. The normalized spacial score (nSPS) is 10.2. The molecule has 0 saturated heterocycles. The van der Waals surface area contributed by atoms with Crippen molar-refractivity contribution in [2.24, 2.45) is 0 Å². The van der Waals surface area contributed by atoms with Crippen LogP contribution in [0.25, 0.3) is 0 Å². The Morgan fingerprint density at radius 1 is 1.15 bits per heavy atom. The Bertz CT molecular complexity index is 606. The summed E-state index contributed by atoms with van der Waals surface area (Å²) in [5, 5.41) is 21.5. The van der Waals surface area contributed by atoms with E-state index in [2.05, 4.69) is 5.32 Å². The van der Waals surface area contributed by atoms with Gasteiger partial charge in [0.15, 0.2) is 0 Å². The second kappa shape index (κ2) is 6.10. The fourth-order valence-electron chi connectivity index (χ4n) is 2.04. The van der Waals surface area contributed by atoms with Gasteiger partial charge in [-0.3, -0.25) is 0 Å². The Hall–Kier alpha value is -2.49. The smallest absolute Gasteiger partial charge is 0.335 e. The van der Waals surface area contributed by atoms with Gasteiger partial charge in [-0.25, -0.2) is 4.79 Å². The van der Waals surface area contributed by atoms with E-state index >= 15 is 0 Å². The molecule has 2 rings (SSSR count). The van der Waals surface area contributed by atoms with Crippen molar-refractivity contribution < 1.29 is 15.0 Å². The number of carboxylic acid groups (broad SMARTS) is 1. The number of aryl methyl sites for hydroxylation is 1. The lowest BCUT2D eigenvalue weighted by Crippen LogP contribution is -2.05. The van der Waals surface area contributed by atoms with Gasteiger partial charge in [0, 0.05) is 12.2 Å². The van der Waals surface area contributed by atoms with E-state index in [0.29, 0.717) is 18.5 Å². The minimum absolute atomic E-state index is 0.231. The van der Waals surface area contributed by atoms with E-state index in [9.17, 15) is 9.90 Å². The third-order valence-electron chi connectivity index (χ3n) is 3.14. The van der Waals surface area contributed by atoms with Gasteiger partial charge >= 0.3 is 5.97 Å². The van der Waals surface area contributed by atoms with Crippen molar-refractivity contribution in [3.8, 4) is 5.75 Å². The largest absolute Gasteiger partial charge is 0.508 e. The monoisotopic (exact) mass is 271 g/mol. The van der Waals surface area contributed by atoms with Gasteiger partial charge in [0.25, 0.3) is 0 Å². The lowest BCUT2D eigenvalue weighted by Gasteiger charge is -2.10. The zero-order valence-corrected chi connectivity index (χ0v) is 11.3. The maximum atomic E-state index is 11.1. The number of aromatic carboxylic acids is 1. The Kier molecular flexibility index (Phi) is 4.25. The van der Waals surface area contributed by atoms with E-state index in [4.69, 9.17) is 5.11 Å². The number of phenols is 1. The fraction of sp³-hybridized carbons (Fsp3) is 0.188. The van der Waals surface area contributed by atoms with Crippen LogP contribution in [0, 0.1) is 0 Å². The molecule has 0 fully saturated rings. The molecule has 3 N–H and O–H groups in total. The third-order valence-corrected chi connectivity index (χ3v) is 3.14. The number of carboxylic acids is 1. The molecule has 4 heteroatoms. The third kappa shape index (κ3) is 3.29. The zero-order valence-electron chi connectivity index (χ0n) is 11.3. The van der Waals surface area contributed by atoms with Crippen molar-refractivity contribution in [1.29, 1.82) is 0 Å². The van der Waals surface area contributed by atoms with Gasteiger partial charge in [0.1, 0.15) is 5.75 Å². The summed E-state index contributed by atoms with van der Waals surface area (Å²) >= 11 is 0. The summed E-state index contributed by atoms with van der Waals surface area (Å²) in [6, 6.07) is 12.2. The Labute approximate surface area is 117 Å². The van der Waals surface area contributed by atoms with Crippen LogP contribution in [0.3, 0.4) is 0 Å². The number of carbonyl (C=O) groups is 1. The molecule has 0 saturated carbocycles. The first kappa shape index (κ1) is 13.9. The number of rotatable bonds is 5. The first-order valence-corrected chi connectivity index (χ1v) is 6.48. The summed E-state index contributed by atoms with van der Waals surface area (Å²) in [4.78, 5) is 11.1. The molecule has 0 aromatic heterocycles. The van der Waals surface area contributed by atoms with Crippen LogP contribution in [0.1, 0.15) is 28.4 Å². The molecule has 0 radical (unpaired) electrons. The Morgan fingerprint density at radius 3 is 2.45 bits per heavy atom. The average molecular weight is 271 g/mol. The average Bonchev–Trinajstić information content (AvgIpc) is 2.46. The first-order chi connectivity index (χ1) is 9.60. The van der Waals surface area contributed by atoms with Crippen LogP contribution in [0.5, 0.6) is 5.75 Å². The van der Waals surface area contributed by atoms with Crippen molar-refractivity contribution in [1.82, 2.24) is 0 Å². The number of phenolic OH excluding ortho intramolecular Hbond substituents is 1. The lowest BCUT2D eigenvalue weighted by atomic mass is 10.0. The molecule has 104 valence electrons. The predicted octanol–water partition coefficient (Wildman–Crippen LogP) is 3.26. The Balaban J connectivity index is 2.10. The van der Waals surface area contributed by atoms with Gasteiger partial charge in [-0.15, -0.1) is 0 Å². The summed E-state index contributed by atoms with van der Waals surface area (Å²) in [7, 11) is 0. The van der Waals surface area contributed by atoms with E-state index < -0.39 is 5.97 Å². The molecule has 0 spiro atoms. The second-order valence-corrected chi connectivity index (χ2v) is 4.55. The molecule has 0 amide bonds. The molecule has 2 aromatic rings. The lowest BCUT2D eigenvalue weighted by molar-refractivity contribution is 0.0695. The number of hydrogen-bond donors (Lipinski definition) is 3. The van der Waals surface area contributed by atoms with Crippen molar-refractivity contribution in [2.75, 3.05) is 5.32 Å². The summed E-state index contributed by atoms with van der Waals surface area (Å²) in [5.74, 6) is -0.658. The van der Waals surface area contributed by atoms with Gasteiger partial charge in [-0.1, -0.05) is 19.1 Å². The van der Waals surface area contributed by atoms with Crippen molar-refractivity contribution in [3.63, 3.8) is 0 Å². The van der Waals surface area contributed by atoms with E-state index in [1.54, 1.807) is 30.3 Å². The highest BCUT2D eigenvalue weighted by Crippen LogP contribution is 2.17. The van der Waals surface area contributed by atoms with Gasteiger partial charge < -0.3 is 15.5 Å². The summed E-state index contributed by atoms with van der Waals surface area (Å²) in [6.45, 7) is 2.55. The van der Waals surface area contributed by atoms with Crippen LogP contribution < -0.4 is 5.32 Å². The van der Waals surface area contributed by atoms with Crippen LogP contribution >= 0.6 is 0 Å². The number of nitrogens with one attached hydrogen (secondary N) is 1. The number of hydrogen-bond acceptors (Lipinski definition) is 3. The maximum Gasteiger partial charge on any atom is 0.335 e. The maximum absolute atomic E-state index is 11.1. The highest BCUT2D eigenvalue weighted by molar-refractivity contribution is 5.89. The van der Waals surface area contributed by atoms with Crippen molar-refractivity contribution in [2.45, 2.75) is 19.9 Å². The summed E-state index contributed by atoms with van der Waals surface area (Å²) in [5.41, 5.74) is 3.13. The molecule has 4 nitrogen and oxygen atoms in total. The van der Waals surface area contributed by atoms with Crippen LogP contribution in [0.2, 0.25) is 0 Å². The highest BCUT2D eigenvalue weighted by atomic mass is 16.4. The zero-order chi connectivity index (χ0) is 14.5. The molecule has 20 heavy (non-hydrogen) atoms. The van der Waals surface area contributed by atoms with Gasteiger partial charge in [0.2, 0.25) is 0 Å². The molecule has 2 aromatic carbocycles. The Morgan fingerprint density at radius 2 is 1.85 bits per heavy atom. The SMILES string of the molecule is CCc1cc(CNc2ccc(O)cc2)ccc1C(=O)O. The standard InChI is InChI=1S/C16H17NO3/c1-2-12-9-11(3-8-15(12)16(19)20)10-17-13-4-6-14(18)7-5-13/h3-9,17-18H,2,10H2,1H3,(H,19,20). The molecule has 0 atom stereocenters. The molecule has 0 aliphatic heterocycles. The van der Waals surface area contributed by atoms with E-state index in [0.717, 1.165) is 16.8 Å². The highest BCUT2D eigenvalue weighted by Gasteiger charge is 2.09. The number of anilines is 1. The van der Waals surface area contributed by atoms with Gasteiger partial charge in [-0.05, 0) is 47.9 Å². The summed E-state index contributed by atoms with van der Waals surface area (Å²) in [6.07, 6.45) is 0.689. The van der Waals surface area contributed by atoms with E-state index in [-0.39, 0.29) is 5.75 Å². The van der Waals surface area contributed by atoms with Crippen LogP contribution in [0.15, 0.2) is 42.5 Å². The molecular formula is C16H17NO3. The molecule has 0 bridgehead atoms. The molecule has 0 heterocycles. The second-order valence-electron chi connectivity index (χ2n) is 4.55. The topological polar surface area (TPSA) is 69.6 Å².